The molecule has 1 aromatic heterocycles. The number of carbonyl (C=O) groups is 3. The zero-order valence-corrected chi connectivity index (χ0v) is 35.0. The molecule has 6 aliphatic rings. The van der Waals surface area contributed by atoms with Crippen molar-refractivity contribution in [2.45, 2.75) is 87.6 Å². The summed E-state index contributed by atoms with van der Waals surface area (Å²) in [5.41, 5.74) is 1.35. The number of nitrogens with zero attached hydrogens (tertiary/aromatic N) is 3. The lowest BCUT2D eigenvalue weighted by Crippen LogP contribution is -2.81. The van der Waals surface area contributed by atoms with Crippen molar-refractivity contribution in [2.75, 3.05) is 59.5 Å². The van der Waals surface area contributed by atoms with Crippen LogP contribution in [0.25, 0.3) is 10.9 Å². The second kappa shape index (κ2) is 13.7. The number of hydrogen-bond donors (Lipinski definition) is 2. The van der Waals surface area contributed by atoms with Gasteiger partial charge in [-0.05, 0) is 73.5 Å². The number of esters is 3. The van der Waals surface area contributed by atoms with Crippen LogP contribution in [0.5, 0.6) is 5.75 Å². The first-order chi connectivity index (χ1) is 28.3. The molecule has 9 rings (SSSR count). The zero-order chi connectivity index (χ0) is 41.8. The van der Waals surface area contributed by atoms with E-state index in [1.54, 1.807) is 7.11 Å². The Morgan fingerprint density at radius 2 is 1.81 bits per heavy atom. The summed E-state index contributed by atoms with van der Waals surface area (Å²) in [5.74, 6) is 1.37. The van der Waals surface area contributed by atoms with Gasteiger partial charge >= 0.3 is 17.9 Å². The van der Waals surface area contributed by atoms with Crippen molar-refractivity contribution in [3.05, 3.63) is 82.1 Å². The molecule has 1 saturated carbocycles. The molecule has 2 N–H and O–H groups in total. The van der Waals surface area contributed by atoms with Crippen LogP contribution in [-0.2, 0) is 46.0 Å². The number of hydrogen-bond acceptors (Lipinski definition) is 11. The van der Waals surface area contributed by atoms with Crippen molar-refractivity contribution in [2.24, 2.45) is 11.3 Å². The number of terminal acetylenes is 1. The standard InChI is InChI=1S/C47H54N4O8/c1-9-28-13-14-35-31(20-28)32-26-50-24-29(10-2)19-30(25-50)23-46(38(32)48-35,42(53)57-7)34-21-33-36(22-37(34)56-6)49(5)40-45(33)16-18-51-17-12-15-44(11-3,39(45)51)41(59-27(4)52)47(40,55)43(54)58-8/h1,12-15,19-22,30,39-41,48,55H,10-11,16-18,23-26H2,2-8H3/t30-,39+,40-,41-,44-,45-,46+,47+/m1/s1. The predicted octanol–water partition coefficient (Wildman–Crippen LogP) is 4.73. The zero-order valence-electron chi connectivity index (χ0n) is 35.0. The molecule has 9 atom stereocenters. The fourth-order valence-corrected chi connectivity index (χ4v) is 13.0. The first-order valence-electron chi connectivity index (χ1n) is 20.8. The highest BCUT2D eigenvalue weighted by Crippen LogP contribution is 2.68. The van der Waals surface area contributed by atoms with Gasteiger partial charge in [0.15, 0.2) is 6.10 Å². The van der Waals surface area contributed by atoms with Gasteiger partial charge in [0.25, 0.3) is 0 Å². The number of aromatic amines is 1. The van der Waals surface area contributed by atoms with Crippen molar-refractivity contribution in [1.29, 1.82) is 0 Å². The minimum Gasteiger partial charge on any atom is -0.496 e. The summed E-state index contributed by atoms with van der Waals surface area (Å²) in [7, 11) is 6.17. The fraction of sp³-hybridized carbons (Fsp3) is 0.511. The van der Waals surface area contributed by atoms with Gasteiger partial charge in [0.2, 0.25) is 5.60 Å². The fourth-order valence-electron chi connectivity index (χ4n) is 13.0. The number of benzene rings is 2. The van der Waals surface area contributed by atoms with E-state index >= 15 is 4.79 Å². The van der Waals surface area contributed by atoms with E-state index in [0.717, 1.165) is 58.5 Å². The summed E-state index contributed by atoms with van der Waals surface area (Å²) in [6, 6.07) is 8.77. The summed E-state index contributed by atoms with van der Waals surface area (Å²) < 4.78 is 23.9. The highest BCUT2D eigenvalue weighted by atomic mass is 16.6. The summed E-state index contributed by atoms with van der Waals surface area (Å²) in [5, 5.41) is 14.3. The van der Waals surface area contributed by atoms with Gasteiger partial charge in [0.1, 0.15) is 11.2 Å². The molecule has 6 heterocycles. The van der Waals surface area contributed by atoms with Gasteiger partial charge in [-0.2, -0.15) is 0 Å². The van der Waals surface area contributed by atoms with Crippen LogP contribution in [-0.4, -0.2) is 116 Å². The Hall–Kier alpha value is -5.09. The van der Waals surface area contributed by atoms with Crippen LogP contribution in [0.1, 0.15) is 74.4 Å². The molecule has 2 aromatic carbocycles. The Bertz CT molecular complexity index is 2400. The second-order valence-electron chi connectivity index (χ2n) is 17.5. The third-order valence-electron chi connectivity index (χ3n) is 15.0. The molecule has 1 aliphatic carbocycles. The molecule has 5 aliphatic heterocycles. The van der Waals surface area contributed by atoms with E-state index in [-0.39, 0.29) is 12.0 Å². The largest absolute Gasteiger partial charge is 0.496 e. The molecule has 0 radical (unpaired) electrons. The summed E-state index contributed by atoms with van der Waals surface area (Å²) in [6.07, 6.45) is 13.5. The normalized spacial score (nSPS) is 34.0. The number of H-pyrrole nitrogens is 1. The molecule has 0 amide bonds. The minimum absolute atomic E-state index is 0.00745. The molecular weight excluding hydrogens is 749 g/mol. The van der Waals surface area contributed by atoms with Crippen LogP contribution in [0.15, 0.2) is 54.1 Å². The first kappa shape index (κ1) is 39.4. The van der Waals surface area contributed by atoms with E-state index in [0.29, 0.717) is 50.2 Å². The van der Waals surface area contributed by atoms with E-state index in [1.807, 2.05) is 43.1 Å². The Morgan fingerprint density at radius 3 is 2.49 bits per heavy atom. The number of likely N-dealkylation sites (N-methyl/N-ethyl adjacent to an activating group) is 1. The molecule has 12 nitrogen and oxygen atoms in total. The summed E-state index contributed by atoms with van der Waals surface area (Å²) in [6.45, 7) is 8.99. The summed E-state index contributed by atoms with van der Waals surface area (Å²) >= 11 is 0. The number of aromatic nitrogens is 1. The van der Waals surface area contributed by atoms with Crippen LogP contribution < -0.4 is 9.64 Å². The minimum atomic E-state index is -2.29. The Labute approximate surface area is 345 Å². The molecule has 1 spiro atoms. The van der Waals surface area contributed by atoms with Crippen LogP contribution >= 0.6 is 0 Å². The average Bonchev–Trinajstić information content (AvgIpc) is 3.89. The van der Waals surface area contributed by atoms with Crippen molar-refractivity contribution in [3.63, 3.8) is 0 Å². The molecule has 2 fully saturated rings. The van der Waals surface area contributed by atoms with Crippen LogP contribution in [0, 0.1) is 23.7 Å². The third-order valence-corrected chi connectivity index (χ3v) is 15.0. The lowest BCUT2D eigenvalue weighted by atomic mass is 9.47. The average molecular weight is 803 g/mol. The monoisotopic (exact) mass is 802 g/mol. The highest BCUT2D eigenvalue weighted by Gasteiger charge is 2.80. The lowest BCUT2D eigenvalue weighted by molar-refractivity contribution is -0.228. The maximum atomic E-state index is 15.3. The van der Waals surface area contributed by atoms with Crippen LogP contribution in [0.3, 0.4) is 0 Å². The quantitative estimate of drug-likeness (QED) is 0.149. The van der Waals surface area contributed by atoms with Crippen molar-refractivity contribution in [3.8, 4) is 18.1 Å². The van der Waals surface area contributed by atoms with Crippen molar-refractivity contribution >= 4 is 34.5 Å². The number of carbonyl (C=O) groups excluding carboxylic acids is 3. The SMILES string of the molecule is C#Cc1ccc2[nH]c3c(c2c1)CN1CC(CC)=C[C@@H](C1)C[C@]3(C(=O)OC)c1cc2c(cc1OC)N(C)[C@H]1[C@@](O)(C(=O)OC)[C@H](OC(C)=O)[C@]3(CC)C=CCN4CC[C@]21[C@@H]43. The number of aliphatic hydroxyl groups is 1. The topological polar surface area (TPSA) is 134 Å². The molecular formula is C47H54N4O8. The molecule has 59 heavy (non-hydrogen) atoms. The molecule has 1 saturated heterocycles. The maximum Gasteiger partial charge on any atom is 0.344 e. The third kappa shape index (κ3) is 5.04. The highest BCUT2D eigenvalue weighted by molar-refractivity contribution is 5.95. The number of methoxy groups -OCH3 is 3. The molecule has 3 aromatic rings. The van der Waals surface area contributed by atoms with Gasteiger partial charge in [-0.25, -0.2) is 4.79 Å². The van der Waals surface area contributed by atoms with Gasteiger partial charge in [-0.15, -0.1) is 6.42 Å². The second-order valence-corrected chi connectivity index (χ2v) is 17.5. The molecule has 12 heteroatoms. The Morgan fingerprint density at radius 1 is 1.03 bits per heavy atom. The van der Waals surface area contributed by atoms with E-state index in [1.165, 1.54) is 26.7 Å². The Kier molecular flexibility index (Phi) is 9.16. The van der Waals surface area contributed by atoms with Crippen molar-refractivity contribution < 1.29 is 38.4 Å². The van der Waals surface area contributed by atoms with Crippen LogP contribution in [0.2, 0.25) is 0 Å². The summed E-state index contributed by atoms with van der Waals surface area (Å²) in [4.78, 5) is 53.2. The van der Waals surface area contributed by atoms with Crippen molar-refractivity contribution in [1.82, 2.24) is 14.8 Å². The van der Waals surface area contributed by atoms with E-state index in [4.69, 9.17) is 25.4 Å². The molecule has 310 valence electrons. The molecule has 2 bridgehead atoms. The van der Waals surface area contributed by atoms with Gasteiger partial charge in [0, 0.05) is 96.5 Å². The number of rotatable bonds is 7. The van der Waals surface area contributed by atoms with Gasteiger partial charge in [0.05, 0.1) is 27.4 Å². The van der Waals surface area contributed by atoms with E-state index in [2.05, 4.69) is 51.9 Å². The van der Waals surface area contributed by atoms with E-state index < -0.39 is 51.9 Å². The van der Waals surface area contributed by atoms with Crippen LogP contribution in [0.4, 0.5) is 5.69 Å². The lowest BCUT2D eigenvalue weighted by Gasteiger charge is -2.63. The molecule has 1 unspecified atom stereocenters. The smallest absolute Gasteiger partial charge is 0.344 e. The van der Waals surface area contributed by atoms with E-state index in [9.17, 15) is 14.7 Å². The number of ether oxygens (including phenoxy) is 4. The van der Waals surface area contributed by atoms with Gasteiger partial charge < -0.3 is 33.9 Å². The number of nitrogens with one attached hydrogen (secondary N) is 1. The predicted molar refractivity (Wildman–Crippen MR) is 222 cm³/mol. The number of anilines is 1. The Balaban J connectivity index is 1.38. The van der Waals surface area contributed by atoms with Gasteiger partial charge in [-0.3, -0.25) is 19.4 Å². The maximum absolute atomic E-state index is 15.3. The first-order valence-corrected chi connectivity index (χ1v) is 20.8. The van der Waals surface area contributed by atoms with Gasteiger partial charge in [-0.1, -0.05) is 43.6 Å². The number of fused-ring (bicyclic) bond motifs is 6.